The molecule has 0 atom stereocenters. The van der Waals surface area contributed by atoms with E-state index in [4.69, 9.17) is 4.42 Å². The maximum absolute atomic E-state index is 10.6. The van der Waals surface area contributed by atoms with Gasteiger partial charge < -0.3 is 20.2 Å². The van der Waals surface area contributed by atoms with Crippen molar-refractivity contribution < 1.29 is 9.52 Å². The van der Waals surface area contributed by atoms with Gasteiger partial charge in [0, 0.05) is 18.5 Å². The maximum atomic E-state index is 10.6. The van der Waals surface area contributed by atoms with Crippen LogP contribution in [0.1, 0.15) is 71.5 Å². The lowest BCUT2D eigenvalue weighted by Gasteiger charge is -2.32. The van der Waals surface area contributed by atoms with Crippen LogP contribution in [0.5, 0.6) is 0 Å². The molecule has 3 N–H and O–H groups in total. The van der Waals surface area contributed by atoms with Gasteiger partial charge in [-0.05, 0) is 19.8 Å². The van der Waals surface area contributed by atoms with Crippen LogP contribution < -0.4 is 10.6 Å². The molecule has 6 nitrogen and oxygen atoms in total. The van der Waals surface area contributed by atoms with Crippen molar-refractivity contribution in [3.63, 3.8) is 0 Å². The van der Waals surface area contributed by atoms with Crippen LogP contribution in [-0.4, -0.2) is 34.7 Å². The highest BCUT2D eigenvalue weighted by molar-refractivity contribution is 5.79. The molecule has 0 saturated heterocycles. The van der Waals surface area contributed by atoms with Crippen molar-refractivity contribution in [2.75, 3.05) is 13.1 Å². The number of hydrogen-bond donors (Lipinski definition) is 3. The standard InChI is InChI=1S/C18H32N4O2/c1-5-19-16(22-13-18(23)9-7-6-8-10-18)21-12-15-20-11-14(24-15)17(2,3)4/h11,23H,5-10,12-13H2,1-4H3,(H2,19,21,22). The number of aliphatic imine (C=N–C) groups is 1. The first-order valence-corrected chi connectivity index (χ1v) is 9.02. The molecule has 1 aromatic heterocycles. The average molecular weight is 336 g/mol. The fraction of sp³-hybridized carbons (Fsp3) is 0.778. The molecule has 136 valence electrons. The minimum absolute atomic E-state index is 0.0536. The van der Waals surface area contributed by atoms with E-state index in [1.807, 2.05) is 6.92 Å². The summed E-state index contributed by atoms with van der Waals surface area (Å²) in [6.07, 6.45) is 6.89. The first-order chi connectivity index (χ1) is 11.3. The van der Waals surface area contributed by atoms with Crippen LogP contribution in [0.2, 0.25) is 0 Å². The second-order valence-electron chi connectivity index (χ2n) is 7.70. The Bertz CT molecular complexity index is 539. The lowest BCUT2D eigenvalue weighted by Crippen LogP contribution is -2.48. The number of guanidine groups is 1. The monoisotopic (exact) mass is 336 g/mol. The summed E-state index contributed by atoms with van der Waals surface area (Å²) in [7, 11) is 0. The van der Waals surface area contributed by atoms with E-state index in [1.165, 1.54) is 6.42 Å². The van der Waals surface area contributed by atoms with Crippen LogP contribution in [0.4, 0.5) is 0 Å². The van der Waals surface area contributed by atoms with Crippen LogP contribution >= 0.6 is 0 Å². The van der Waals surface area contributed by atoms with Crippen molar-refractivity contribution in [2.45, 2.75) is 77.4 Å². The van der Waals surface area contributed by atoms with Gasteiger partial charge in [-0.25, -0.2) is 9.98 Å². The van der Waals surface area contributed by atoms with Gasteiger partial charge >= 0.3 is 0 Å². The van der Waals surface area contributed by atoms with Gasteiger partial charge in [0.2, 0.25) is 5.89 Å². The molecule has 1 heterocycles. The fourth-order valence-electron chi connectivity index (χ4n) is 2.85. The van der Waals surface area contributed by atoms with Crippen LogP contribution in [0, 0.1) is 0 Å². The van der Waals surface area contributed by atoms with E-state index in [9.17, 15) is 5.11 Å². The number of nitrogens with one attached hydrogen (secondary N) is 2. The van der Waals surface area contributed by atoms with E-state index < -0.39 is 5.60 Å². The summed E-state index contributed by atoms with van der Waals surface area (Å²) in [5.41, 5.74) is -0.668. The lowest BCUT2D eigenvalue weighted by molar-refractivity contribution is 0.00859. The molecule has 1 aromatic rings. The zero-order valence-electron chi connectivity index (χ0n) is 15.5. The molecule has 1 aliphatic rings. The molecule has 0 unspecified atom stereocenters. The molecule has 0 aromatic carbocycles. The van der Waals surface area contributed by atoms with Gasteiger partial charge in [0.1, 0.15) is 12.3 Å². The number of hydrogen-bond acceptors (Lipinski definition) is 4. The van der Waals surface area contributed by atoms with E-state index in [1.54, 1.807) is 6.20 Å². The molecule has 1 saturated carbocycles. The third-order valence-corrected chi connectivity index (χ3v) is 4.38. The average Bonchev–Trinajstić information content (AvgIpc) is 3.00. The van der Waals surface area contributed by atoms with E-state index >= 15 is 0 Å². The number of aromatic nitrogens is 1. The molecule has 24 heavy (non-hydrogen) atoms. The zero-order chi connectivity index (χ0) is 17.6. The number of nitrogens with zero attached hydrogens (tertiary/aromatic N) is 2. The minimum atomic E-state index is -0.614. The van der Waals surface area contributed by atoms with Gasteiger partial charge in [-0.2, -0.15) is 0 Å². The number of oxazole rings is 1. The van der Waals surface area contributed by atoms with Gasteiger partial charge in [-0.3, -0.25) is 0 Å². The minimum Gasteiger partial charge on any atom is -0.443 e. The Labute approximate surface area is 145 Å². The van der Waals surface area contributed by atoms with Crippen molar-refractivity contribution in [1.29, 1.82) is 0 Å². The van der Waals surface area contributed by atoms with Crippen LogP contribution in [0.15, 0.2) is 15.6 Å². The molecule has 0 aliphatic heterocycles. The maximum Gasteiger partial charge on any atom is 0.216 e. The van der Waals surface area contributed by atoms with Crippen molar-refractivity contribution in [1.82, 2.24) is 15.6 Å². The van der Waals surface area contributed by atoms with Crippen LogP contribution in [-0.2, 0) is 12.0 Å². The Morgan fingerprint density at radius 2 is 2.00 bits per heavy atom. The van der Waals surface area contributed by atoms with Gasteiger partial charge in [0.15, 0.2) is 5.96 Å². The normalized spacial score (nSPS) is 18.5. The van der Waals surface area contributed by atoms with Crippen molar-refractivity contribution in [3.05, 3.63) is 17.8 Å². The van der Waals surface area contributed by atoms with Crippen molar-refractivity contribution in [2.24, 2.45) is 4.99 Å². The Hall–Kier alpha value is -1.56. The molecule has 0 radical (unpaired) electrons. The summed E-state index contributed by atoms with van der Waals surface area (Å²) < 4.78 is 5.77. The van der Waals surface area contributed by atoms with E-state index in [-0.39, 0.29) is 5.41 Å². The van der Waals surface area contributed by atoms with E-state index in [0.717, 1.165) is 38.0 Å². The first-order valence-electron chi connectivity index (χ1n) is 9.02. The molecule has 6 heteroatoms. The summed E-state index contributed by atoms with van der Waals surface area (Å²) in [4.78, 5) is 8.82. The topological polar surface area (TPSA) is 82.7 Å². The van der Waals surface area contributed by atoms with Crippen molar-refractivity contribution in [3.8, 4) is 0 Å². The highest BCUT2D eigenvalue weighted by Gasteiger charge is 2.29. The summed E-state index contributed by atoms with van der Waals surface area (Å²) in [6, 6.07) is 0. The third-order valence-electron chi connectivity index (χ3n) is 4.38. The van der Waals surface area contributed by atoms with Crippen LogP contribution in [0.3, 0.4) is 0 Å². The van der Waals surface area contributed by atoms with E-state index in [2.05, 4.69) is 41.4 Å². The second-order valence-corrected chi connectivity index (χ2v) is 7.70. The summed E-state index contributed by atoms with van der Waals surface area (Å²) in [5, 5.41) is 17.1. The zero-order valence-corrected chi connectivity index (χ0v) is 15.5. The molecule has 2 rings (SSSR count). The highest BCUT2D eigenvalue weighted by Crippen LogP contribution is 2.27. The predicted molar refractivity (Wildman–Crippen MR) is 96.1 cm³/mol. The Balaban J connectivity index is 1.93. The molecular formula is C18H32N4O2. The highest BCUT2D eigenvalue weighted by atomic mass is 16.4. The van der Waals surface area contributed by atoms with Gasteiger partial charge in [0.05, 0.1) is 11.8 Å². The molecular weight excluding hydrogens is 304 g/mol. The molecule has 0 spiro atoms. The molecule has 1 aliphatic carbocycles. The summed E-state index contributed by atoms with van der Waals surface area (Å²) in [5.74, 6) is 2.16. The lowest BCUT2D eigenvalue weighted by atomic mass is 9.85. The Kier molecular flexibility index (Phi) is 6.27. The Morgan fingerprint density at radius 3 is 2.58 bits per heavy atom. The van der Waals surface area contributed by atoms with Gasteiger partial charge in [-0.1, -0.05) is 40.0 Å². The third kappa shape index (κ3) is 5.51. The smallest absolute Gasteiger partial charge is 0.216 e. The summed E-state index contributed by atoms with van der Waals surface area (Å²) in [6.45, 7) is 9.98. The predicted octanol–water partition coefficient (Wildman–Crippen LogP) is 2.72. The number of aliphatic hydroxyl groups is 1. The second kappa shape index (κ2) is 8.01. The van der Waals surface area contributed by atoms with Gasteiger partial charge in [-0.15, -0.1) is 0 Å². The first kappa shape index (κ1) is 18.8. The summed E-state index contributed by atoms with van der Waals surface area (Å²) >= 11 is 0. The molecule has 0 bridgehead atoms. The van der Waals surface area contributed by atoms with Crippen molar-refractivity contribution >= 4 is 5.96 Å². The SMILES string of the molecule is CCNC(=NCc1ncc(C(C)(C)C)o1)NCC1(O)CCCCC1. The Morgan fingerprint density at radius 1 is 1.29 bits per heavy atom. The van der Waals surface area contributed by atoms with Crippen LogP contribution in [0.25, 0.3) is 0 Å². The number of rotatable bonds is 5. The molecule has 0 amide bonds. The van der Waals surface area contributed by atoms with Gasteiger partial charge in [0.25, 0.3) is 0 Å². The quantitative estimate of drug-likeness (QED) is 0.569. The van der Waals surface area contributed by atoms with E-state index in [0.29, 0.717) is 24.9 Å². The molecule has 1 fully saturated rings. The largest absolute Gasteiger partial charge is 0.443 e. The fourth-order valence-corrected chi connectivity index (χ4v) is 2.85.